The number of fused-ring (bicyclic) bond motifs is 1. The molecule has 0 fully saturated rings. The van der Waals surface area contributed by atoms with Crippen LogP contribution in [0, 0.1) is 0 Å². The van der Waals surface area contributed by atoms with Gasteiger partial charge in [0, 0.05) is 12.7 Å². The predicted octanol–water partition coefficient (Wildman–Crippen LogP) is 2.41. The van der Waals surface area contributed by atoms with Crippen LogP contribution >= 0.6 is 0 Å². The van der Waals surface area contributed by atoms with Crippen molar-refractivity contribution in [3.05, 3.63) is 48.5 Å². The van der Waals surface area contributed by atoms with Gasteiger partial charge in [0.1, 0.15) is 0 Å². The van der Waals surface area contributed by atoms with Crippen LogP contribution in [0.3, 0.4) is 0 Å². The van der Waals surface area contributed by atoms with Crippen molar-refractivity contribution in [2.24, 2.45) is 0 Å². The average Bonchev–Trinajstić information content (AvgIpc) is 2.88. The van der Waals surface area contributed by atoms with Crippen LogP contribution in [0.4, 0.5) is 11.6 Å². The van der Waals surface area contributed by atoms with Gasteiger partial charge in [0.15, 0.2) is 0 Å². The van der Waals surface area contributed by atoms with Gasteiger partial charge in [-0.3, -0.25) is 0 Å². The van der Waals surface area contributed by atoms with Gasteiger partial charge in [-0.15, -0.1) is 0 Å². The smallest absolute Gasteiger partial charge is 0.264 e. The number of rotatable bonds is 4. The van der Waals surface area contributed by atoms with Gasteiger partial charge in [-0.25, -0.2) is 18.1 Å². The van der Waals surface area contributed by atoms with E-state index >= 15 is 0 Å². The van der Waals surface area contributed by atoms with Crippen molar-refractivity contribution in [2.45, 2.75) is 4.90 Å². The number of hydrogen-bond donors (Lipinski definition) is 3. The molecule has 0 aliphatic heterocycles. The largest absolute Gasteiger partial charge is 0.388 e. The molecule has 3 aromatic rings. The Morgan fingerprint density at radius 3 is 2.43 bits per heavy atom. The number of anilines is 2. The Kier molecular flexibility index (Phi) is 3.26. The van der Waals surface area contributed by atoms with E-state index in [2.05, 4.69) is 20.0 Å². The van der Waals surface area contributed by atoms with Crippen LogP contribution in [-0.4, -0.2) is 25.4 Å². The molecule has 3 N–H and O–H groups in total. The summed E-state index contributed by atoms with van der Waals surface area (Å²) in [5.74, 6) is 0.203. The molecule has 1 heterocycles. The molecule has 0 spiro atoms. The van der Waals surface area contributed by atoms with Gasteiger partial charge in [0.05, 0.1) is 15.9 Å². The van der Waals surface area contributed by atoms with E-state index in [1.165, 1.54) is 12.1 Å². The maximum absolute atomic E-state index is 12.3. The lowest BCUT2D eigenvalue weighted by molar-refractivity contribution is 0.601. The second-order valence-corrected chi connectivity index (χ2v) is 6.16. The number of hydrogen-bond acceptors (Lipinski definition) is 4. The summed E-state index contributed by atoms with van der Waals surface area (Å²) in [6.45, 7) is 0. The number of nitrogens with zero attached hydrogens (tertiary/aromatic N) is 1. The molecule has 0 amide bonds. The third kappa shape index (κ3) is 2.68. The molecule has 0 aliphatic carbocycles. The van der Waals surface area contributed by atoms with Crippen molar-refractivity contribution in [3.63, 3.8) is 0 Å². The highest BCUT2D eigenvalue weighted by molar-refractivity contribution is 7.92. The van der Waals surface area contributed by atoms with Crippen LogP contribution in [0.25, 0.3) is 11.0 Å². The lowest BCUT2D eigenvalue weighted by atomic mass is 10.3. The first kappa shape index (κ1) is 13.4. The first-order valence-electron chi connectivity index (χ1n) is 6.34. The van der Waals surface area contributed by atoms with Crippen LogP contribution in [0.15, 0.2) is 53.4 Å². The number of H-pyrrole nitrogens is 1. The predicted molar refractivity (Wildman–Crippen MR) is 82.9 cm³/mol. The van der Waals surface area contributed by atoms with Crippen molar-refractivity contribution < 1.29 is 8.42 Å². The molecule has 2 aromatic carbocycles. The van der Waals surface area contributed by atoms with E-state index in [4.69, 9.17) is 0 Å². The summed E-state index contributed by atoms with van der Waals surface area (Å²) in [7, 11) is -1.88. The number of sulfonamides is 1. The highest BCUT2D eigenvalue weighted by atomic mass is 32.2. The molecule has 0 radical (unpaired) electrons. The molecular weight excluding hydrogens is 288 g/mol. The fraction of sp³-hybridized carbons (Fsp3) is 0.0714. The molecule has 0 bridgehead atoms. The Labute approximate surface area is 122 Å². The van der Waals surface area contributed by atoms with Crippen molar-refractivity contribution in [1.29, 1.82) is 0 Å². The summed E-state index contributed by atoms with van der Waals surface area (Å²) in [5, 5.41) is 2.94. The fourth-order valence-corrected chi connectivity index (χ4v) is 2.95. The zero-order chi connectivity index (χ0) is 14.9. The van der Waals surface area contributed by atoms with Crippen LogP contribution < -0.4 is 10.0 Å². The first-order chi connectivity index (χ1) is 10.1. The molecule has 21 heavy (non-hydrogen) atoms. The lowest BCUT2D eigenvalue weighted by Crippen LogP contribution is -2.13. The first-order valence-corrected chi connectivity index (χ1v) is 7.82. The summed E-state index contributed by atoms with van der Waals surface area (Å²) in [6.07, 6.45) is 0. The topological polar surface area (TPSA) is 86.9 Å². The molecule has 1 aromatic heterocycles. The second-order valence-electron chi connectivity index (χ2n) is 4.48. The van der Waals surface area contributed by atoms with Crippen LogP contribution in [0.5, 0.6) is 0 Å². The number of para-hydroxylation sites is 2. The molecule has 108 valence electrons. The number of nitrogens with one attached hydrogen (secondary N) is 3. The number of imidazole rings is 1. The molecule has 6 nitrogen and oxygen atoms in total. The van der Waals surface area contributed by atoms with Gasteiger partial charge in [-0.1, -0.05) is 12.1 Å². The Bertz CT molecular complexity index is 836. The summed E-state index contributed by atoms with van der Waals surface area (Å²) < 4.78 is 27.0. The SMILES string of the molecule is CNc1ccc(S(=O)(=O)Nc2nc3ccccc3[nH]2)cc1. The lowest BCUT2D eigenvalue weighted by Gasteiger charge is -2.06. The third-order valence-electron chi connectivity index (χ3n) is 3.07. The minimum atomic E-state index is -3.66. The van der Waals surface area contributed by atoms with E-state index in [9.17, 15) is 8.42 Å². The monoisotopic (exact) mass is 302 g/mol. The van der Waals surface area contributed by atoms with Gasteiger partial charge in [0.25, 0.3) is 10.0 Å². The molecule has 0 saturated heterocycles. The molecule has 0 saturated carbocycles. The van der Waals surface area contributed by atoms with Crippen molar-refractivity contribution in [2.75, 3.05) is 17.1 Å². The molecule has 0 aliphatic rings. The Balaban J connectivity index is 1.91. The van der Waals surface area contributed by atoms with E-state index in [-0.39, 0.29) is 10.8 Å². The number of aromatic amines is 1. The second kappa shape index (κ2) is 5.10. The van der Waals surface area contributed by atoms with Crippen LogP contribution in [0.2, 0.25) is 0 Å². The minimum Gasteiger partial charge on any atom is -0.388 e. The van der Waals surface area contributed by atoms with E-state index in [1.807, 2.05) is 24.3 Å². The standard InChI is InChI=1S/C14H14N4O2S/c1-15-10-6-8-11(9-7-10)21(19,20)18-14-16-12-4-2-3-5-13(12)17-14/h2-9,15H,1H3,(H2,16,17,18). The molecule has 3 rings (SSSR count). The Hall–Kier alpha value is -2.54. The van der Waals surface area contributed by atoms with Crippen molar-refractivity contribution >= 4 is 32.7 Å². The van der Waals surface area contributed by atoms with Gasteiger partial charge < -0.3 is 10.3 Å². The Morgan fingerprint density at radius 1 is 1.05 bits per heavy atom. The van der Waals surface area contributed by atoms with Crippen LogP contribution in [-0.2, 0) is 10.0 Å². The molecule has 0 atom stereocenters. The zero-order valence-corrected chi connectivity index (χ0v) is 12.1. The number of aromatic nitrogens is 2. The van der Waals surface area contributed by atoms with Crippen LogP contribution in [0.1, 0.15) is 0 Å². The summed E-state index contributed by atoms with van der Waals surface area (Å²) >= 11 is 0. The van der Waals surface area contributed by atoms with E-state index < -0.39 is 10.0 Å². The minimum absolute atomic E-state index is 0.182. The van der Waals surface area contributed by atoms with Crippen molar-refractivity contribution in [3.8, 4) is 0 Å². The molecule has 7 heteroatoms. The van der Waals surface area contributed by atoms with Crippen molar-refractivity contribution in [1.82, 2.24) is 9.97 Å². The van der Waals surface area contributed by atoms with E-state index in [1.54, 1.807) is 19.2 Å². The van der Waals surface area contributed by atoms with E-state index in [0.717, 1.165) is 11.2 Å². The highest BCUT2D eigenvalue weighted by Crippen LogP contribution is 2.18. The van der Waals surface area contributed by atoms with Gasteiger partial charge in [-0.05, 0) is 36.4 Å². The fourth-order valence-electron chi connectivity index (χ4n) is 1.99. The summed E-state index contributed by atoms with van der Waals surface area (Å²) in [4.78, 5) is 7.31. The number of benzene rings is 2. The zero-order valence-electron chi connectivity index (χ0n) is 11.3. The quantitative estimate of drug-likeness (QED) is 0.690. The van der Waals surface area contributed by atoms with Gasteiger partial charge in [-0.2, -0.15) is 0 Å². The van der Waals surface area contributed by atoms with E-state index in [0.29, 0.717) is 5.52 Å². The summed E-state index contributed by atoms with van der Waals surface area (Å²) in [6, 6.07) is 13.8. The Morgan fingerprint density at radius 2 is 1.76 bits per heavy atom. The average molecular weight is 302 g/mol. The molecule has 0 unspecified atom stereocenters. The van der Waals surface area contributed by atoms with Gasteiger partial charge in [0.2, 0.25) is 5.95 Å². The van der Waals surface area contributed by atoms with Gasteiger partial charge >= 0.3 is 0 Å². The molecular formula is C14H14N4O2S. The maximum atomic E-state index is 12.3. The third-order valence-corrected chi connectivity index (χ3v) is 4.43. The maximum Gasteiger partial charge on any atom is 0.264 e. The summed E-state index contributed by atoms with van der Waals surface area (Å²) in [5.41, 5.74) is 2.33. The highest BCUT2D eigenvalue weighted by Gasteiger charge is 2.16. The normalized spacial score (nSPS) is 11.5.